The first-order valence-corrected chi connectivity index (χ1v) is 18.3. The van der Waals surface area contributed by atoms with Crippen molar-refractivity contribution in [3.05, 3.63) is 176 Å². The van der Waals surface area contributed by atoms with Gasteiger partial charge in [-0.1, -0.05) is 139 Å². The molecular weight excluding hydrogens is 687 g/mol. The number of hydrogen-bond donors (Lipinski definition) is 0. The van der Waals surface area contributed by atoms with Gasteiger partial charge in [0, 0.05) is 43.8 Å². The fraction of sp³-hybridized carbons (Fsp3) is 0. The standard InChI is InChI=1S/C51H29N3O2/c1-2-11-30(12-3-1)49-52-50(32-22-25-41-40-17-8-9-20-45(40)55-46(41)28-32)54-51(53-49)33-23-26-42-43-19-10-18-34(48(43)56-47(42)29-33)31-21-24-39-37-15-5-4-13-35(37)36-14-6-7-16-38(36)44(39)27-31/h1-29H/i10D,18D,19D,23D,26D,29D. The summed E-state index contributed by atoms with van der Waals surface area (Å²) in [6, 6.07) is 43.3. The smallest absolute Gasteiger partial charge is 0.164 e. The second-order valence-electron chi connectivity index (χ2n) is 13.8. The van der Waals surface area contributed by atoms with Crippen LogP contribution in [0.2, 0.25) is 0 Å². The second-order valence-corrected chi connectivity index (χ2v) is 13.8. The summed E-state index contributed by atoms with van der Waals surface area (Å²) in [6.07, 6.45) is 0. The molecule has 0 aliphatic carbocycles. The molecule has 0 unspecified atom stereocenters. The van der Waals surface area contributed by atoms with E-state index in [9.17, 15) is 5.48 Å². The van der Waals surface area contributed by atoms with Crippen molar-refractivity contribution in [1.29, 1.82) is 0 Å². The lowest BCUT2D eigenvalue weighted by atomic mass is 9.92. The zero-order valence-corrected chi connectivity index (χ0v) is 29.4. The Balaban J connectivity index is 1.10. The molecule has 5 nitrogen and oxygen atoms in total. The Kier molecular flexibility index (Phi) is 5.41. The topological polar surface area (TPSA) is 65.0 Å². The summed E-state index contributed by atoms with van der Waals surface area (Å²) in [5.74, 6) is 0.568. The van der Waals surface area contributed by atoms with Crippen LogP contribution in [0, 0.1) is 0 Å². The molecule has 3 aromatic heterocycles. The molecule has 0 fully saturated rings. The largest absolute Gasteiger partial charge is 0.456 e. The van der Waals surface area contributed by atoms with Crippen LogP contribution in [0.4, 0.5) is 0 Å². The average molecular weight is 722 g/mol. The van der Waals surface area contributed by atoms with Crippen molar-refractivity contribution in [2.45, 2.75) is 0 Å². The number of hydrogen-bond acceptors (Lipinski definition) is 5. The van der Waals surface area contributed by atoms with E-state index >= 15 is 0 Å². The fourth-order valence-corrected chi connectivity index (χ4v) is 7.99. The first kappa shape index (κ1) is 25.4. The molecule has 260 valence electrons. The molecule has 0 N–H and O–H groups in total. The van der Waals surface area contributed by atoms with Gasteiger partial charge in [-0.3, -0.25) is 0 Å². The Labute approximate surface area is 328 Å². The maximum Gasteiger partial charge on any atom is 0.164 e. The van der Waals surface area contributed by atoms with Gasteiger partial charge in [-0.2, -0.15) is 0 Å². The summed E-state index contributed by atoms with van der Waals surface area (Å²) in [4.78, 5) is 14.5. The predicted octanol–water partition coefficient (Wildman–Crippen LogP) is 13.8. The quantitative estimate of drug-likeness (QED) is 0.169. The number of benzene rings is 9. The van der Waals surface area contributed by atoms with Crippen LogP contribution in [0.3, 0.4) is 0 Å². The van der Waals surface area contributed by atoms with Gasteiger partial charge in [0.2, 0.25) is 0 Å². The number of aromatic nitrogens is 3. The van der Waals surface area contributed by atoms with Crippen LogP contribution in [0.5, 0.6) is 0 Å². The molecule has 0 aliphatic heterocycles. The first-order valence-electron chi connectivity index (χ1n) is 21.3. The van der Waals surface area contributed by atoms with Crippen LogP contribution in [-0.2, 0) is 0 Å². The molecule has 0 aliphatic rings. The highest BCUT2D eigenvalue weighted by Crippen LogP contribution is 2.41. The number of nitrogens with zero attached hydrogens (tertiary/aromatic N) is 3. The zero-order valence-electron chi connectivity index (χ0n) is 35.4. The number of fused-ring (bicyclic) bond motifs is 12. The highest BCUT2D eigenvalue weighted by Gasteiger charge is 2.18. The Morgan fingerprint density at radius 3 is 1.71 bits per heavy atom. The fourth-order valence-electron chi connectivity index (χ4n) is 7.99. The summed E-state index contributed by atoms with van der Waals surface area (Å²) in [7, 11) is 0. The minimum Gasteiger partial charge on any atom is -0.456 e. The van der Waals surface area contributed by atoms with E-state index in [1.807, 2.05) is 115 Å². The van der Waals surface area contributed by atoms with Gasteiger partial charge in [0.15, 0.2) is 17.5 Å². The molecule has 0 atom stereocenters. The SMILES string of the molecule is [2H]c1c([2H])c([2H])c2c(oc3c([2H])c(-c4nc(-c5ccccc5)nc(-c5ccc6c(c5)oc5ccccc56)n4)c([2H])c([2H])c32)c1-c1ccc2c3ccccc3c3ccccc3c2c1. The van der Waals surface area contributed by atoms with Crippen LogP contribution in [0.15, 0.2) is 185 Å². The monoisotopic (exact) mass is 721 g/mol. The van der Waals surface area contributed by atoms with Crippen LogP contribution >= 0.6 is 0 Å². The normalized spacial score (nSPS) is 13.4. The third-order valence-corrected chi connectivity index (χ3v) is 10.6. The van der Waals surface area contributed by atoms with Crippen molar-refractivity contribution >= 4 is 76.2 Å². The molecule has 0 saturated heterocycles. The summed E-state index contributed by atoms with van der Waals surface area (Å²) >= 11 is 0. The van der Waals surface area contributed by atoms with Crippen molar-refractivity contribution in [1.82, 2.24) is 15.0 Å². The van der Waals surface area contributed by atoms with Crippen molar-refractivity contribution in [2.75, 3.05) is 0 Å². The average Bonchev–Trinajstić information content (AvgIpc) is 3.90. The highest BCUT2D eigenvalue weighted by atomic mass is 16.3. The lowest BCUT2D eigenvalue weighted by Gasteiger charge is -2.12. The van der Waals surface area contributed by atoms with Crippen LogP contribution in [-0.4, -0.2) is 15.0 Å². The van der Waals surface area contributed by atoms with E-state index in [4.69, 9.17) is 26.5 Å². The molecule has 0 spiro atoms. The van der Waals surface area contributed by atoms with Crippen molar-refractivity contribution in [3.63, 3.8) is 0 Å². The van der Waals surface area contributed by atoms with E-state index in [-0.39, 0.29) is 81.0 Å². The van der Waals surface area contributed by atoms with Gasteiger partial charge in [0.25, 0.3) is 0 Å². The molecule has 3 heterocycles. The van der Waals surface area contributed by atoms with E-state index in [0.717, 1.165) is 48.7 Å². The molecule has 12 aromatic rings. The maximum absolute atomic E-state index is 9.63. The summed E-state index contributed by atoms with van der Waals surface area (Å²) in [6.45, 7) is 0. The van der Waals surface area contributed by atoms with Gasteiger partial charge >= 0.3 is 0 Å². The molecule has 56 heavy (non-hydrogen) atoms. The van der Waals surface area contributed by atoms with E-state index in [0.29, 0.717) is 28.1 Å². The molecule has 12 rings (SSSR count). The van der Waals surface area contributed by atoms with Crippen molar-refractivity contribution in [2.24, 2.45) is 0 Å². The predicted molar refractivity (Wildman–Crippen MR) is 229 cm³/mol. The molecule has 0 radical (unpaired) electrons. The molecule has 0 amide bonds. The van der Waals surface area contributed by atoms with E-state index in [1.54, 1.807) is 0 Å². The lowest BCUT2D eigenvalue weighted by Crippen LogP contribution is -2.00. The van der Waals surface area contributed by atoms with Gasteiger partial charge in [-0.15, -0.1) is 0 Å². The first-order chi connectivity index (χ1) is 30.2. The van der Waals surface area contributed by atoms with E-state index in [1.165, 1.54) is 0 Å². The molecule has 0 saturated carbocycles. The number of para-hydroxylation sites is 2. The highest BCUT2D eigenvalue weighted by molar-refractivity contribution is 6.26. The maximum atomic E-state index is 9.63. The number of rotatable bonds is 4. The molecule has 9 aromatic carbocycles. The molecule has 5 heteroatoms. The lowest BCUT2D eigenvalue weighted by molar-refractivity contribution is 0.669. The third-order valence-electron chi connectivity index (χ3n) is 10.6. The Morgan fingerprint density at radius 2 is 0.946 bits per heavy atom. The summed E-state index contributed by atoms with van der Waals surface area (Å²) in [5.41, 5.74) is 3.51. The van der Waals surface area contributed by atoms with E-state index < -0.39 is 0 Å². The molecule has 0 bridgehead atoms. The van der Waals surface area contributed by atoms with E-state index in [2.05, 4.69) is 24.3 Å². The van der Waals surface area contributed by atoms with Crippen molar-refractivity contribution < 1.29 is 17.1 Å². The van der Waals surface area contributed by atoms with Crippen LogP contribution in [0.1, 0.15) is 8.22 Å². The van der Waals surface area contributed by atoms with Crippen LogP contribution in [0.25, 0.3) is 121 Å². The van der Waals surface area contributed by atoms with Gasteiger partial charge in [-0.25, -0.2) is 15.0 Å². The minimum atomic E-state index is -0.351. The number of furan rings is 2. The Bertz CT molecular complexity index is 3870. The van der Waals surface area contributed by atoms with Gasteiger partial charge in [0.1, 0.15) is 22.3 Å². The van der Waals surface area contributed by atoms with Gasteiger partial charge in [0.05, 0.1) is 8.22 Å². The Hall–Kier alpha value is -7.63. The van der Waals surface area contributed by atoms with Gasteiger partial charge < -0.3 is 8.83 Å². The van der Waals surface area contributed by atoms with Crippen LogP contribution < -0.4 is 0 Å². The summed E-state index contributed by atoms with van der Waals surface area (Å²) in [5, 5.41) is 8.32. The van der Waals surface area contributed by atoms with Gasteiger partial charge in [-0.05, 0) is 74.2 Å². The zero-order chi connectivity index (χ0) is 42.0. The van der Waals surface area contributed by atoms with Crippen molar-refractivity contribution in [3.8, 4) is 45.3 Å². The minimum absolute atomic E-state index is 0.00766. The third kappa shape index (κ3) is 4.71. The Morgan fingerprint density at radius 1 is 0.357 bits per heavy atom. The summed E-state index contributed by atoms with van der Waals surface area (Å²) < 4.78 is 68.5. The molecular formula is C51H29N3O2. The second kappa shape index (κ2) is 11.9.